The summed E-state index contributed by atoms with van der Waals surface area (Å²) in [5.74, 6) is 0.00352. The summed E-state index contributed by atoms with van der Waals surface area (Å²) in [5, 5.41) is 3.37. The number of fused-ring (bicyclic) bond motifs is 1. The number of methoxy groups -OCH3 is 1. The summed E-state index contributed by atoms with van der Waals surface area (Å²) >= 11 is 0. The van der Waals surface area contributed by atoms with Crippen molar-refractivity contribution in [1.82, 2.24) is 0 Å². The lowest BCUT2D eigenvalue weighted by molar-refractivity contribution is -0.120. The van der Waals surface area contributed by atoms with Crippen LogP contribution in [-0.2, 0) is 9.53 Å². The Hall–Kier alpha value is -2.33. The SMILES string of the molecule is COCN1C(=O)C(c2ccccc2)Nc2cc(C)c(C)cc21. The molecular formula is C18H20N2O2. The van der Waals surface area contributed by atoms with E-state index in [9.17, 15) is 4.79 Å². The molecule has 0 aromatic heterocycles. The van der Waals surface area contributed by atoms with E-state index in [4.69, 9.17) is 4.74 Å². The van der Waals surface area contributed by atoms with Crippen molar-refractivity contribution in [2.24, 2.45) is 0 Å². The van der Waals surface area contributed by atoms with Crippen LogP contribution in [0.15, 0.2) is 42.5 Å². The van der Waals surface area contributed by atoms with Gasteiger partial charge in [0.2, 0.25) is 0 Å². The van der Waals surface area contributed by atoms with Crippen LogP contribution in [0.4, 0.5) is 11.4 Å². The number of amides is 1. The third-order valence-electron chi connectivity index (χ3n) is 4.11. The van der Waals surface area contributed by atoms with Gasteiger partial charge in [-0.1, -0.05) is 30.3 Å². The van der Waals surface area contributed by atoms with Gasteiger partial charge in [0.25, 0.3) is 5.91 Å². The smallest absolute Gasteiger partial charge is 0.256 e. The summed E-state index contributed by atoms with van der Waals surface area (Å²) in [6, 6.07) is 13.5. The van der Waals surface area contributed by atoms with Gasteiger partial charge < -0.3 is 10.1 Å². The Bertz CT molecular complexity index is 698. The lowest BCUT2D eigenvalue weighted by Crippen LogP contribution is -2.43. The molecule has 114 valence electrons. The predicted octanol–water partition coefficient (Wildman–Crippen LogP) is 3.41. The Labute approximate surface area is 130 Å². The molecule has 4 heteroatoms. The molecule has 4 nitrogen and oxygen atoms in total. The number of aryl methyl sites for hydroxylation is 2. The van der Waals surface area contributed by atoms with Gasteiger partial charge in [-0.25, -0.2) is 0 Å². The lowest BCUT2D eigenvalue weighted by atomic mass is 9.99. The molecule has 1 heterocycles. The fraction of sp³-hybridized carbons (Fsp3) is 0.278. The Morgan fingerprint density at radius 2 is 1.82 bits per heavy atom. The highest BCUT2D eigenvalue weighted by atomic mass is 16.5. The summed E-state index contributed by atoms with van der Waals surface area (Å²) < 4.78 is 5.24. The van der Waals surface area contributed by atoms with Crippen LogP contribution in [-0.4, -0.2) is 19.7 Å². The largest absolute Gasteiger partial charge is 0.368 e. The number of anilines is 2. The first-order valence-corrected chi connectivity index (χ1v) is 7.35. The molecule has 1 amide bonds. The van der Waals surface area contributed by atoms with E-state index in [1.165, 1.54) is 5.56 Å². The molecule has 0 bridgehead atoms. The summed E-state index contributed by atoms with van der Waals surface area (Å²) in [6.45, 7) is 4.37. The van der Waals surface area contributed by atoms with Crippen molar-refractivity contribution in [3.8, 4) is 0 Å². The zero-order valence-electron chi connectivity index (χ0n) is 13.1. The van der Waals surface area contributed by atoms with Crippen molar-refractivity contribution < 1.29 is 9.53 Å². The molecule has 1 atom stereocenters. The highest BCUT2D eigenvalue weighted by Gasteiger charge is 2.33. The Balaban J connectivity index is 2.08. The topological polar surface area (TPSA) is 41.6 Å². The number of carbonyl (C=O) groups excluding carboxylic acids is 1. The normalized spacial score (nSPS) is 17.1. The number of hydrogen-bond donors (Lipinski definition) is 1. The standard InChI is InChI=1S/C18H20N2O2/c1-12-9-15-16(10-13(12)2)20(11-22-3)18(21)17(19-15)14-7-5-4-6-8-14/h4-10,17,19H,11H2,1-3H3. The zero-order chi connectivity index (χ0) is 15.7. The van der Waals surface area contributed by atoms with Gasteiger partial charge in [0.05, 0.1) is 11.4 Å². The molecule has 2 aromatic carbocycles. The monoisotopic (exact) mass is 296 g/mol. The van der Waals surface area contributed by atoms with E-state index in [1.807, 2.05) is 43.3 Å². The van der Waals surface area contributed by atoms with Crippen molar-refractivity contribution >= 4 is 17.3 Å². The van der Waals surface area contributed by atoms with Crippen molar-refractivity contribution in [3.63, 3.8) is 0 Å². The molecule has 2 aromatic rings. The summed E-state index contributed by atoms with van der Waals surface area (Å²) in [7, 11) is 1.60. The van der Waals surface area contributed by atoms with Gasteiger partial charge in [0, 0.05) is 7.11 Å². The van der Waals surface area contributed by atoms with E-state index < -0.39 is 0 Å². The Kier molecular flexibility index (Phi) is 3.86. The van der Waals surface area contributed by atoms with Gasteiger partial charge in [-0.2, -0.15) is 0 Å². The van der Waals surface area contributed by atoms with Crippen LogP contribution in [0.5, 0.6) is 0 Å². The molecular weight excluding hydrogens is 276 g/mol. The van der Waals surface area contributed by atoms with Crippen LogP contribution in [0.25, 0.3) is 0 Å². The second-order valence-corrected chi connectivity index (χ2v) is 5.63. The van der Waals surface area contributed by atoms with Gasteiger partial charge in [-0.3, -0.25) is 9.69 Å². The van der Waals surface area contributed by atoms with Crippen molar-refractivity contribution in [3.05, 3.63) is 59.2 Å². The molecule has 0 radical (unpaired) electrons. The van der Waals surface area contributed by atoms with E-state index in [0.717, 1.165) is 22.5 Å². The number of nitrogens with zero attached hydrogens (tertiary/aromatic N) is 1. The Morgan fingerprint density at radius 1 is 1.14 bits per heavy atom. The predicted molar refractivity (Wildman–Crippen MR) is 88.1 cm³/mol. The molecule has 1 unspecified atom stereocenters. The first-order chi connectivity index (χ1) is 10.6. The van der Waals surface area contributed by atoms with Crippen LogP contribution in [0.3, 0.4) is 0 Å². The first-order valence-electron chi connectivity index (χ1n) is 7.35. The quantitative estimate of drug-likeness (QED) is 0.943. The number of nitrogens with one attached hydrogen (secondary N) is 1. The number of hydrogen-bond acceptors (Lipinski definition) is 3. The maximum absolute atomic E-state index is 12.9. The van der Waals surface area contributed by atoms with Gasteiger partial charge in [-0.05, 0) is 42.7 Å². The minimum atomic E-state index is -0.383. The first kappa shape index (κ1) is 14.6. The molecule has 3 rings (SSSR count). The fourth-order valence-electron chi connectivity index (χ4n) is 2.77. The maximum atomic E-state index is 12.9. The average Bonchev–Trinajstić information content (AvgIpc) is 2.53. The number of carbonyl (C=O) groups is 1. The molecule has 0 saturated heterocycles. The van der Waals surface area contributed by atoms with Crippen LogP contribution < -0.4 is 10.2 Å². The number of benzene rings is 2. The van der Waals surface area contributed by atoms with Crippen molar-refractivity contribution in [2.75, 3.05) is 24.1 Å². The lowest BCUT2D eigenvalue weighted by Gasteiger charge is -2.35. The number of rotatable bonds is 3. The minimum Gasteiger partial charge on any atom is -0.368 e. The average molecular weight is 296 g/mol. The van der Waals surface area contributed by atoms with E-state index in [0.29, 0.717) is 0 Å². The zero-order valence-corrected chi connectivity index (χ0v) is 13.1. The Morgan fingerprint density at radius 3 is 2.50 bits per heavy atom. The molecule has 0 fully saturated rings. The van der Waals surface area contributed by atoms with Crippen LogP contribution in [0.1, 0.15) is 22.7 Å². The van der Waals surface area contributed by atoms with E-state index in [2.05, 4.69) is 18.3 Å². The van der Waals surface area contributed by atoms with Gasteiger partial charge in [-0.15, -0.1) is 0 Å². The molecule has 0 spiro atoms. The van der Waals surface area contributed by atoms with Gasteiger partial charge >= 0.3 is 0 Å². The minimum absolute atomic E-state index is 0.00352. The molecule has 1 aliphatic heterocycles. The van der Waals surface area contributed by atoms with Crippen molar-refractivity contribution in [1.29, 1.82) is 0 Å². The second-order valence-electron chi connectivity index (χ2n) is 5.63. The summed E-state index contributed by atoms with van der Waals surface area (Å²) in [4.78, 5) is 14.6. The van der Waals surface area contributed by atoms with Crippen molar-refractivity contribution in [2.45, 2.75) is 19.9 Å². The molecule has 0 aliphatic carbocycles. The molecule has 1 N–H and O–H groups in total. The fourth-order valence-corrected chi connectivity index (χ4v) is 2.77. The third kappa shape index (κ3) is 2.46. The third-order valence-corrected chi connectivity index (χ3v) is 4.11. The molecule has 1 aliphatic rings. The highest BCUT2D eigenvalue weighted by Crippen LogP contribution is 2.38. The second kappa shape index (κ2) is 5.81. The van der Waals surface area contributed by atoms with E-state index in [1.54, 1.807) is 12.0 Å². The number of ether oxygens (including phenoxy) is 1. The highest BCUT2D eigenvalue weighted by molar-refractivity contribution is 6.05. The van der Waals surface area contributed by atoms with E-state index in [-0.39, 0.29) is 18.7 Å². The molecule has 22 heavy (non-hydrogen) atoms. The summed E-state index contributed by atoms with van der Waals surface area (Å²) in [6.07, 6.45) is 0. The van der Waals surface area contributed by atoms with Gasteiger partial charge in [0.1, 0.15) is 12.8 Å². The van der Waals surface area contributed by atoms with Crippen LogP contribution in [0, 0.1) is 13.8 Å². The molecule has 0 saturated carbocycles. The van der Waals surface area contributed by atoms with Crippen LogP contribution >= 0.6 is 0 Å². The van der Waals surface area contributed by atoms with Gasteiger partial charge in [0.15, 0.2) is 0 Å². The van der Waals surface area contributed by atoms with Crippen LogP contribution in [0.2, 0.25) is 0 Å². The maximum Gasteiger partial charge on any atom is 0.256 e. The van der Waals surface area contributed by atoms with E-state index >= 15 is 0 Å². The summed E-state index contributed by atoms with van der Waals surface area (Å²) in [5.41, 5.74) is 5.16.